The van der Waals surface area contributed by atoms with Crippen molar-refractivity contribution in [3.8, 4) is 5.75 Å². The number of rotatable bonds is 5. The molecule has 2 rings (SSSR count). The van der Waals surface area contributed by atoms with Gasteiger partial charge in [0.2, 0.25) is 0 Å². The predicted molar refractivity (Wildman–Crippen MR) is 82.6 cm³/mol. The van der Waals surface area contributed by atoms with E-state index in [0.717, 1.165) is 25.2 Å². The molecule has 1 aromatic rings. The summed E-state index contributed by atoms with van der Waals surface area (Å²) in [4.78, 5) is 0. The van der Waals surface area contributed by atoms with E-state index in [2.05, 4.69) is 52.0 Å². The molecule has 0 saturated carbocycles. The van der Waals surface area contributed by atoms with Gasteiger partial charge in [-0.2, -0.15) is 0 Å². The van der Waals surface area contributed by atoms with Gasteiger partial charge < -0.3 is 4.74 Å². The van der Waals surface area contributed by atoms with Crippen LogP contribution in [-0.2, 0) is 6.42 Å². The fourth-order valence-corrected chi connectivity index (χ4v) is 2.91. The molecule has 0 unspecified atom stereocenters. The van der Waals surface area contributed by atoms with Gasteiger partial charge in [-0.15, -0.1) is 0 Å². The molecule has 104 valence electrons. The van der Waals surface area contributed by atoms with E-state index in [-0.39, 0.29) is 5.41 Å². The van der Waals surface area contributed by atoms with Crippen LogP contribution in [0.2, 0.25) is 0 Å². The maximum atomic E-state index is 5.85. The molecule has 0 heterocycles. The zero-order valence-electron chi connectivity index (χ0n) is 12.8. The highest BCUT2D eigenvalue weighted by Crippen LogP contribution is 2.37. The highest BCUT2D eigenvalue weighted by molar-refractivity contribution is 5.70. The van der Waals surface area contributed by atoms with Gasteiger partial charge in [0.1, 0.15) is 5.75 Å². The van der Waals surface area contributed by atoms with Crippen LogP contribution in [-0.4, -0.2) is 6.61 Å². The van der Waals surface area contributed by atoms with Gasteiger partial charge in [0, 0.05) is 0 Å². The van der Waals surface area contributed by atoms with Crippen LogP contribution in [0.1, 0.15) is 58.1 Å². The smallest absolute Gasteiger partial charge is 0.119 e. The Hall–Kier alpha value is -1.24. The Balaban J connectivity index is 2.10. The monoisotopic (exact) mass is 258 g/mol. The number of ether oxygens (including phenoxy) is 1. The third-order valence-electron chi connectivity index (χ3n) is 3.78. The normalized spacial score (nSPS) is 16.7. The number of hydrogen-bond donors (Lipinski definition) is 0. The fraction of sp³-hybridized carbons (Fsp3) is 0.556. The minimum atomic E-state index is 0.278. The Labute approximate surface area is 117 Å². The molecular weight excluding hydrogens is 232 g/mol. The number of benzene rings is 1. The first-order valence-electron chi connectivity index (χ1n) is 7.47. The molecule has 0 aliphatic heterocycles. The van der Waals surface area contributed by atoms with Crippen molar-refractivity contribution in [1.29, 1.82) is 0 Å². The van der Waals surface area contributed by atoms with Gasteiger partial charge in [-0.05, 0) is 54.0 Å². The highest BCUT2D eigenvalue weighted by atomic mass is 16.5. The van der Waals surface area contributed by atoms with Crippen LogP contribution in [0.5, 0.6) is 5.75 Å². The van der Waals surface area contributed by atoms with Crippen LogP contribution < -0.4 is 4.74 Å². The maximum Gasteiger partial charge on any atom is 0.119 e. The Morgan fingerprint density at radius 3 is 2.74 bits per heavy atom. The van der Waals surface area contributed by atoms with E-state index in [9.17, 15) is 0 Å². The second-order valence-electron chi connectivity index (χ2n) is 6.37. The SMILES string of the molecule is CCCCCOc1ccc2c(c1)C(C)=CC(C)(C)C2. The van der Waals surface area contributed by atoms with Crippen molar-refractivity contribution in [2.75, 3.05) is 6.61 Å². The summed E-state index contributed by atoms with van der Waals surface area (Å²) < 4.78 is 5.85. The molecule has 0 bridgehead atoms. The summed E-state index contributed by atoms with van der Waals surface area (Å²) in [5.74, 6) is 1.02. The molecule has 0 saturated heterocycles. The summed E-state index contributed by atoms with van der Waals surface area (Å²) >= 11 is 0. The molecule has 0 aromatic heterocycles. The van der Waals surface area contributed by atoms with Gasteiger partial charge in [-0.3, -0.25) is 0 Å². The molecule has 1 heteroatoms. The molecule has 1 nitrogen and oxygen atoms in total. The van der Waals surface area contributed by atoms with Crippen molar-refractivity contribution in [3.05, 3.63) is 35.4 Å². The average molecular weight is 258 g/mol. The van der Waals surface area contributed by atoms with Gasteiger partial charge in [-0.1, -0.05) is 45.8 Å². The standard InChI is InChI=1S/C18H26O/c1-5-6-7-10-19-16-9-8-15-13-18(3,4)12-14(2)17(15)11-16/h8-9,11-12H,5-7,10,13H2,1-4H3. The molecule has 0 amide bonds. The molecule has 0 spiro atoms. The molecule has 0 fully saturated rings. The zero-order valence-corrected chi connectivity index (χ0v) is 12.8. The van der Waals surface area contributed by atoms with Crippen LogP contribution in [0.3, 0.4) is 0 Å². The summed E-state index contributed by atoms with van der Waals surface area (Å²) in [6, 6.07) is 6.57. The van der Waals surface area contributed by atoms with Crippen molar-refractivity contribution in [2.45, 2.75) is 53.4 Å². The Bertz CT molecular complexity index is 469. The van der Waals surface area contributed by atoms with Crippen LogP contribution >= 0.6 is 0 Å². The van der Waals surface area contributed by atoms with Gasteiger partial charge in [0.05, 0.1) is 6.61 Å². The lowest BCUT2D eigenvalue weighted by Gasteiger charge is -2.29. The van der Waals surface area contributed by atoms with Gasteiger partial charge >= 0.3 is 0 Å². The van der Waals surface area contributed by atoms with Crippen molar-refractivity contribution in [2.24, 2.45) is 5.41 Å². The Morgan fingerprint density at radius 1 is 1.21 bits per heavy atom. The lowest BCUT2D eigenvalue weighted by atomic mass is 9.76. The Morgan fingerprint density at radius 2 is 2.00 bits per heavy atom. The van der Waals surface area contributed by atoms with E-state index >= 15 is 0 Å². The summed E-state index contributed by atoms with van der Waals surface area (Å²) in [5, 5.41) is 0. The topological polar surface area (TPSA) is 9.23 Å². The average Bonchev–Trinajstić information content (AvgIpc) is 2.34. The highest BCUT2D eigenvalue weighted by Gasteiger charge is 2.23. The second-order valence-corrected chi connectivity index (χ2v) is 6.37. The number of hydrogen-bond acceptors (Lipinski definition) is 1. The van der Waals surface area contributed by atoms with E-state index in [1.165, 1.54) is 29.5 Å². The fourth-order valence-electron chi connectivity index (χ4n) is 2.91. The zero-order chi connectivity index (χ0) is 13.9. The van der Waals surface area contributed by atoms with E-state index < -0.39 is 0 Å². The number of fused-ring (bicyclic) bond motifs is 1. The Kier molecular flexibility index (Phi) is 4.34. The molecule has 0 radical (unpaired) electrons. The van der Waals surface area contributed by atoms with Gasteiger partial charge in [0.15, 0.2) is 0 Å². The summed E-state index contributed by atoms with van der Waals surface area (Å²) in [7, 11) is 0. The van der Waals surface area contributed by atoms with Gasteiger partial charge in [0.25, 0.3) is 0 Å². The second kappa shape index (κ2) is 5.81. The lowest BCUT2D eigenvalue weighted by molar-refractivity contribution is 0.306. The van der Waals surface area contributed by atoms with Crippen LogP contribution in [0.15, 0.2) is 24.3 Å². The molecule has 1 aliphatic carbocycles. The minimum absolute atomic E-state index is 0.278. The van der Waals surface area contributed by atoms with E-state index in [0.29, 0.717) is 0 Å². The summed E-state index contributed by atoms with van der Waals surface area (Å²) in [6.07, 6.45) is 7.14. The predicted octanol–water partition coefficient (Wildman–Crippen LogP) is 5.24. The summed E-state index contributed by atoms with van der Waals surface area (Å²) in [6.45, 7) is 9.86. The largest absolute Gasteiger partial charge is 0.494 e. The van der Waals surface area contributed by atoms with E-state index in [1.807, 2.05) is 0 Å². The van der Waals surface area contributed by atoms with E-state index in [1.54, 1.807) is 0 Å². The maximum absolute atomic E-state index is 5.85. The molecular formula is C18H26O. The first kappa shape index (κ1) is 14.2. The van der Waals surface area contributed by atoms with Crippen LogP contribution in [0.4, 0.5) is 0 Å². The first-order valence-corrected chi connectivity index (χ1v) is 7.47. The van der Waals surface area contributed by atoms with Crippen molar-refractivity contribution >= 4 is 5.57 Å². The first-order chi connectivity index (χ1) is 9.02. The number of allylic oxidation sites excluding steroid dienone is 2. The molecule has 1 aliphatic rings. The third kappa shape index (κ3) is 3.62. The van der Waals surface area contributed by atoms with Crippen molar-refractivity contribution in [1.82, 2.24) is 0 Å². The lowest BCUT2D eigenvalue weighted by Crippen LogP contribution is -2.17. The van der Waals surface area contributed by atoms with Gasteiger partial charge in [-0.25, -0.2) is 0 Å². The van der Waals surface area contributed by atoms with E-state index in [4.69, 9.17) is 4.74 Å². The van der Waals surface area contributed by atoms with Crippen LogP contribution in [0, 0.1) is 5.41 Å². The minimum Gasteiger partial charge on any atom is -0.494 e. The van der Waals surface area contributed by atoms with Crippen molar-refractivity contribution < 1.29 is 4.74 Å². The number of unbranched alkanes of at least 4 members (excludes halogenated alkanes) is 2. The third-order valence-corrected chi connectivity index (χ3v) is 3.78. The molecule has 1 aromatic carbocycles. The van der Waals surface area contributed by atoms with Crippen molar-refractivity contribution in [3.63, 3.8) is 0 Å². The molecule has 0 N–H and O–H groups in total. The van der Waals surface area contributed by atoms with Crippen LogP contribution in [0.25, 0.3) is 5.57 Å². The molecule has 0 atom stereocenters. The quantitative estimate of drug-likeness (QED) is 0.656. The summed E-state index contributed by atoms with van der Waals surface area (Å²) in [5.41, 5.74) is 4.48. The molecule has 19 heavy (non-hydrogen) atoms.